The molecule has 0 spiro atoms. The number of fused-ring (bicyclic) bond motifs is 1. The number of rotatable bonds is 14. The molecule has 2 atom stereocenters. The summed E-state index contributed by atoms with van der Waals surface area (Å²) >= 11 is 2.78. The maximum atomic E-state index is 14.4. The Balaban J connectivity index is 1.27. The maximum Gasteiger partial charge on any atom is 0.341 e. The van der Waals surface area contributed by atoms with E-state index in [1.807, 2.05) is 36.4 Å². The summed E-state index contributed by atoms with van der Waals surface area (Å²) in [6, 6.07) is 30.4. The molecule has 0 aliphatic heterocycles. The summed E-state index contributed by atoms with van der Waals surface area (Å²) in [6.07, 6.45) is 4.09. The van der Waals surface area contributed by atoms with Crippen LogP contribution in [0.2, 0.25) is 0 Å². The van der Waals surface area contributed by atoms with E-state index in [1.165, 1.54) is 37.3 Å². The maximum absolute atomic E-state index is 14.4. The van der Waals surface area contributed by atoms with E-state index in [0.717, 1.165) is 35.3 Å². The number of esters is 1. The molecular weight excluding hydrogens is 783 g/mol. The van der Waals surface area contributed by atoms with Gasteiger partial charge in [0.2, 0.25) is 5.91 Å². The molecular formula is C47H49N3O7S2. The Labute approximate surface area is 353 Å². The Morgan fingerprint density at radius 3 is 2.25 bits per heavy atom. The van der Waals surface area contributed by atoms with Gasteiger partial charge in [0.25, 0.3) is 11.8 Å². The monoisotopic (exact) mass is 831 g/mol. The second-order valence-electron chi connectivity index (χ2n) is 15.1. The first-order chi connectivity index (χ1) is 28.4. The van der Waals surface area contributed by atoms with Crippen LogP contribution in [-0.2, 0) is 27.2 Å². The van der Waals surface area contributed by atoms with Crippen LogP contribution in [0.1, 0.15) is 81.6 Å². The SMILES string of the molecule is CCOC(=O)c1c(NC(=O)C(Sc2cccc(NC(=O)/C(=C\c3ccc(OC)c(OC)c3)NC(=O)c3ccccc3)c2)c2ccccc2)sc2c1CCC(C(C)(C)C)C2. The predicted molar refractivity (Wildman–Crippen MR) is 235 cm³/mol. The number of ether oxygens (including phenoxy) is 3. The van der Waals surface area contributed by atoms with Crippen LogP contribution in [-0.4, -0.2) is 44.5 Å². The van der Waals surface area contributed by atoms with E-state index < -0.39 is 23.0 Å². The molecule has 306 valence electrons. The van der Waals surface area contributed by atoms with Crippen LogP contribution in [0.4, 0.5) is 10.7 Å². The van der Waals surface area contributed by atoms with E-state index in [9.17, 15) is 19.2 Å². The minimum absolute atomic E-state index is 0.00413. The highest BCUT2D eigenvalue weighted by atomic mass is 32.2. The normalized spacial score (nSPS) is 14.3. The van der Waals surface area contributed by atoms with Gasteiger partial charge in [-0.25, -0.2) is 4.79 Å². The first-order valence-electron chi connectivity index (χ1n) is 19.4. The Morgan fingerprint density at radius 1 is 0.864 bits per heavy atom. The summed E-state index contributed by atoms with van der Waals surface area (Å²) in [5.41, 5.74) is 3.71. The molecule has 0 bridgehead atoms. The van der Waals surface area contributed by atoms with Gasteiger partial charge in [0, 0.05) is 21.0 Å². The number of amides is 3. The topological polar surface area (TPSA) is 132 Å². The average molecular weight is 832 g/mol. The molecule has 6 rings (SSSR count). The summed E-state index contributed by atoms with van der Waals surface area (Å²) < 4.78 is 16.3. The van der Waals surface area contributed by atoms with E-state index in [-0.39, 0.29) is 23.6 Å². The minimum Gasteiger partial charge on any atom is -0.493 e. The van der Waals surface area contributed by atoms with Crippen LogP contribution in [0.25, 0.3) is 6.08 Å². The fourth-order valence-corrected chi connectivity index (χ4v) is 9.35. The number of benzene rings is 4. The third kappa shape index (κ3) is 10.6. The summed E-state index contributed by atoms with van der Waals surface area (Å²) in [6.45, 7) is 8.73. The van der Waals surface area contributed by atoms with Crippen molar-refractivity contribution in [3.8, 4) is 11.5 Å². The largest absolute Gasteiger partial charge is 0.493 e. The molecule has 3 N–H and O–H groups in total. The van der Waals surface area contributed by atoms with Gasteiger partial charge in [0.1, 0.15) is 15.9 Å². The summed E-state index contributed by atoms with van der Waals surface area (Å²) in [5, 5.41) is 8.61. The van der Waals surface area contributed by atoms with Crippen LogP contribution < -0.4 is 25.4 Å². The second kappa shape index (κ2) is 19.3. The lowest BCUT2D eigenvalue weighted by molar-refractivity contribution is -0.116. The molecule has 12 heteroatoms. The third-order valence-corrected chi connectivity index (χ3v) is 12.6. The fourth-order valence-electron chi connectivity index (χ4n) is 6.94. The number of thiophene rings is 1. The zero-order valence-electron chi connectivity index (χ0n) is 34.0. The van der Waals surface area contributed by atoms with Gasteiger partial charge in [0.05, 0.1) is 26.4 Å². The Morgan fingerprint density at radius 2 is 1.58 bits per heavy atom. The van der Waals surface area contributed by atoms with Crippen molar-refractivity contribution in [2.45, 2.75) is 57.1 Å². The highest BCUT2D eigenvalue weighted by molar-refractivity contribution is 8.00. The molecule has 10 nitrogen and oxygen atoms in total. The number of hydrogen-bond acceptors (Lipinski definition) is 9. The van der Waals surface area contributed by atoms with Gasteiger partial charge in [0.15, 0.2) is 11.5 Å². The number of carbonyl (C=O) groups excluding carboxylic acids is 4. The molecule has 0 fully saturated rings. The molecule has 1 aliphatic carbocycles. The van der Waals surface area contributed by atoms with Crippen LogP contribution in [0.3, 0.4) is 0 Å². The molecule has 1 heterocycles. The quantitative estimate of drug-likeness (QED) is 0.0573. The number of carbonyl (C=O) groups is 4. The molecule has 1 aliphatic rings. The van der Waals surface area contributed by atoms with Crippen molar-refractivity contribution in [1.82, 2.24) is 5.32 Å². The van der Waals surface area contributed by atoms with Crippen molar-refractivity contribution in [1.29, 1.82) is 0 Å². The molecule has 2 unspecified atom stereocenters. The molecule has 1 aromatic heterocycles. The minimum atomic E-state index is -0.718. The lowest BCUT2D eigenvalue weighted by atomic mass is 9.72. The van der Waals surface area contributed by atoms with Crippen molar-refractivity contribution in [2.24, 2.45) is 11.3 Å². The van der Waals surface area contributed by atoms with E-state index >= 15 is 0 Å². The van der Waals surface area contributed by atoms with Crippen LogP contribution in [0.5, 0.6) is 11.5 Å². The molecule has 59 heavy (non-hydrogen) atoms. The number of thioether (sulfide) groups is 1. The van der Waals surface area contributed by atoms with Gasteiger partial charge in [-0.1, -0.05) is 81.4 Å². The lowest BCUT2D eigenvalue weighted by Gasteiger charge is -2.33. The van der Waals surface area contributed by atoms with Crippen molar-refractivity contribution in [3.05, 3.63) is 142 Å². The van der Waals surface area contributed by atoms with Crippen molar-refractivity contribution in [2.75, 3.05) is 31.5 Å². The Hall–Kier alpha value is -5.85. The highest BCUT2D eigenvalue weighted by Crippen LogP contribution is 2.45. The number of hydrogen-bond donors (Lipinski definition) is 3. The van der Waals surface area contributed by atoms with Crippen molar-refractivity contribution < 1.29 is 33.4 Å². The molecule has 5 aromatic rings. The van der Waals surface area contributed by atoms with Crippen molar-refractivity contribution in [3.63, 3.8) is 0 Å². The van der Waals surface area contributed by atoms with Crippen molar-refractivity contribution >= 4 is 63.6 Å². The smallest absolute Gasteiger partial charge is 0.341 e. The zero-order chi connectivity index (χ0) is 42.1. The van der Waals surface area contributed by atoms with Crippen LogP contribution in [0.15, 0.2) is 114 Å². The average Bonchev–Trinajstić information content (AvgIpc) is 3.60. The molecule has 3 amide bonds. The van der Waals surface area contributed by atoms with Gasteiger partial charge in [-0.3, -0.25) is 14.4 Å². The zero-order valence-corrected chi connectivity index (χ0v) is 35.7. The van der Waals surface area contributed by atoms with E-state index in [2.05, 4.69) is 36.7 Å². The van der Waals surface area contributed by atoms with Gasteiger partial charge in [-0.15, -0.1) is 23.1 Å². The Kier molecular flexibility index (Phi) is 14.0. The molecule has 0 radical (unpaired) electrons. The third-order valence-electron chi connectivity index (χ3n) is 10.1. The molecule has 0 saturated carbocycles. The molecule has 0 saturated heterocycles. The van der Waals surface area contributed by atoms with Gasteiger partial charge in [-0.05, 0) is 103 Å². The summed E-state index contributed by atoms with van der Waals surface area (Å²) in [4.78, 5) is 56.9. The number of nitrogens with one attached hydrogen (secondary N) is 3. The van der Waals surface area contributed by atoms with Crippen LogP contribution in [0, 0.1) is 11.3 Å². The van der Waals surface area contributed by atoms with E-state index in [4.69, 9.17) is 14.2 Å². The predicted octanol–water partition coefficient (Wildman–Crippen LogP) is 9.97. The van der Waals surface area contributed by atoms with Gasteiger partial charge in [-0.2, -0.15) is 0 Å². The Bertz CT molecular complexity index is 2330. The summed E-state index contributed by atoms with van der Waals surface area (Å²) in [5.74, 6) is -0.320. The highest BCUT2D eigenvalue weighted by Gasteiger charge is 2.35. The summed E-state index contributed by atoms with van der Waals surface area (Å²) in [7, 11) is 3.05. The lowest BCUT2D eigenvalue weighted by Crippen LogP contribution is -2.30. The van der Waals surface area contributed by atoms with Crippen LogP contribution >= 0.6 is 23.1 Å². The fraction of sp³-hybridized carbons (Fsp3) is 0.277. The molecule has 4 aromatic carbocycles. The first-order valence-corrected chi connectivity index (χ1v) is 21.1. The standard InChI is InChI=1S/C47H49N3O7S2/c1-7-57-46(54)40-35-23-22-32(47(2,3)4)27-39(35)59-45(40)50-44(53)41(30-15-10-8-11-16-30)58-34-20-14-19-33(28-34)48-43(52)36(49-42(51)31-17-12-9-13-18-31)25-29-21-24-37(55-5)38(26-29)56-6/h8-21,24-26,28,32,41H,7,22-23,27H2,1-6H3,(H,48,52)(H,49,51)(H,50,53)/b36-25+. The number of methoxy groups -OCH3 is 2. The second-order valence-corrected chi connectivity index (χ2v) is 17.4. The van der Waals surface area contributed by atoms with E-state index in [1.54, 1.807) is 79.7 Å². The van der Waals surface area contributed by atoms with Gasteiger partial charge < -0.3 is 30.2 Å². The first kappa shape index (κ1) is 42.7. The van der Waals surface area contributed by atoms with E-state index in [0.29, 0.717) is 49.7 Å². The van der Waals surface area contributed by atoms with Gasteiger partial charge >= 0.3 is 5.97 Å². The number of anilines is 2.